The lowest BCUT2D eigenvalue weighted by molar-refractivity contribution is 0.319. The van der Waals surface area contributed by atoms with Crippen molar-refractivity contribution in [2.75, 3.05) is 13.1 Å². The van der Waals surface area contributed by atoms with Crippen molar-refractivity contribution in [3.8, 4) is 11.1 Å². The van der Waals surface area contributed by atoms with Crippen molar-refractivity contribution in [2.24, 2.45) is 5.92 Å². The van der Waals surface area contributed by atoms with Gasteiger partial charge < -0.3 is 4.57 Å². The summed E-state index contributed by atoms with van der Waals surface area (Å²) in [5.41, 5.74) is 3.58. The van der Waals surface area contributed by atoms with Crippen molar-refractivity contribution in [3.63, 3.8) is 0 Å². The highest BCUT2D eigenvalue weighted by atomic mass is 19.1. The maximum atomic E-state index is 14.9. The maximum absolute atomic E-state index is 14.9. The Balaban J connectivity index is 1.33. The molecule has 0 aliphatic carbocycles. The molecule has 1 aliphatic heterocycles. The summed E-state index contributed by atoms with van der Waals surface area (Å²) in [5.74, 6) is 1.26. The third-order valence-electron chi connectivity index (χ3n) is 6.94. The molecule has 188 valence electrons. The molecule has 1 aromatic carbocycles. The van der Waals surface area contributed by atoms with Crippen LogP contribution >= 0.6 is 0 Å². The summed E-state index contributed by atoms with van der Waals surface area (Å²) in [4.78, 5) is 20.1. The molecule has 0 amide bonds. The molecule has 1 fully saturated rings. The molecule has 6 nitrogen and oxygen atoms in total. The fourth-order valence-electron chi connectivity index (χ4n) is 5.18. The molecule has 5 rings (SSSR count). The Kier molecular flexibility index (Phi) is 6.79. The van der Waals surface area contributed by atoms with E-state index in [1.807, 2.05) is 43.8 Å². The van der Waals surface area contributed by atoms with E-state index in [0.717, 1.165) is 42.8 Å². The van der Waals surface area contributed by atoms with Gasteiger partial charge in [0.2, 0.25) is 0 Å². The van der Waals surface area contributed by atoms with Crippen LogP contribution in [0.1, 0.15) is 56.1 Å². The summed E-state index contributed by atoms with van der Waals surface area (Å²) in [6.45, 7) is 11.3. The largest absolute Gasteiger partial charge is 0.326 e. The van der Waals surface area contributed by atoms with Gasteiger partial charge in [-0.25, -0.2) is 23.7 Å². The minimum absolute atomic E-state index is 0.104. The predicted molar refractivity (Wildman–Crippen MR) is 136 cm³/mol. The zero-order chi connectivity index (χ0) is 25.4. The number of rotatable bonds is 7. The van der Waals surface area contributed by atoms with Gasteiger partial charge in [0.15, 0.2) is 5.82 Å². The Morgan fingerprint density at radius 3 is 2.47 bits per heavy atom. The van der Waals surface area contributed by atoms with Gasteiger partial charge in [0.1, 0.15) is 23.0 Å². The van der Waals surface area contributed by atoms with Gasteiger partial charge in [0.25, 0.3) is 0 Å². The molecule has 8 heteroatoms. The van der Waals surface area contributed by atoms with E-state index in [-0.39, 0.29) is 6.04 Å². The van der Waals surface area contributed by atoms with E-state index >= 15 is 0 Å². The highest BCUT2D eigenvalue weighted by molar-refractivity contribution is 5.83. The quantitative estimate of drug-likeness (QED) is 0.333. The van der Waals surface area contributed by atoms with Crippen LogP contribution in [-0.2, 0) is 19.4 Å². The number of fused-ring (bicyclic) bond motifs is 1. The number of imidazole rings is 1. The number of hydrogen-bond acceptors (Lipinski definition) is 5. The van der Waals surface area contributed by atoms with Crippen molar-refractivity contribution >= 4 is 11.0 Å². The Bertz CT molecular complexity index is 1380. The summed E-state index contributed by atoms with van der Waals surface area (Å²) in [7, 11) is 0. The summed E-state index contributed by atoms with van der Waals surface area (Å²) < 4.78 is 31.7. The van der Waals surface area contributed by atoms with Crippen molar-refractivity contribution in [2.45, 2.75) is 59.5 Å². The van der Waals surface area contributed by atoms with E-state index in [1.165, 1.54) is 18.7 Å². The topological polar surface area (TPSA) is 59.7 Å². The predicted octanol–water partition coefficient (Wildman–Crippen LogP) is 5.68. The van der Waals surface area contributed by atoms with Crippen LogP contribution in [0.2, 0.25) is 0 Å². The number of nitrogens with zero attached hydrogens (tertiary/aromatic N) is 6. The first-order valence-corrected chi connectivity index (χ1v) is 12.6. The van der Waals surface area contributed by atoms with Gasteiger partial charge in [-0.3, -0.25) is 9.88 Å². The van der Waals surface area contributed by atoms with E-state index in [2.05, 4.69) is 31.8 Å². The Morgan fingerprint density at radius 2 is 1.78 bits per heavy atom. The molecule has 0 radical (unpaired) electrons. The van der Waals surface area contributed by atoms with Crippen LogP contribution in [-0.4, -0.2) is 42.5 Å². The Hall–Kier alpha value is -3.26. The van der Waals surface area contributed by atoms with Crippen LogP contribution in [0.4, 0.5) is 8.78 Å². The summed E-state index contributed by atoms with van der Waals surface area (Å²) >= 11 is 0. The van der Waals surface area contributed by atoms with E-state index < -0.39 is 11.6 Å². The van der Waals surface area contributed by atoms with Crippen LogP contribution in [0.25, 0.3) is 22.2 Å². The van der Waals surface area contributed by atoms with Crippen LogP contribution in [0, 0.1) is 24.5 Å². The zero-order valence-corrected chi connectivity index (χ0v) is 21.3. The first-order valence-electron chi connectivity index (χ1n) is 12.6. The average molecular weight is 491 g/mol. The van der Waals surface area contributed by atoms with Crippen LogP contribution in [0.15, 0.2) is 36.8 Å². The monoisotopic (exact) mass is 490 g/mol. The fraction of sp³-hybridized carbons (Fsp3) is 0.429. The van der Waals surface area contributed by atoms with Crippen molar-refractivity contribution in [3.05, 3.63) is 71.3 Å². The first kappa shape index (κ1) is 24.4. The Labute approximate surface area is 210 Å². The lowest BCUT2D eigenvalue weighted by Crippen LogP contribution is -2.20. The molecule has 0 unspecified atom stereocenters. The maximum Gasteiger partial charge on any atom is 0.151 e. The molecule has 0 N–H and O–H groups in total. The van der Waals surface area contributed by atoms with E-state index in [0.29, 0.717) is 40.7 Å². The first-order chi connectivity index (χ1) is 17.3. The third kappa shape index (κ3) is 5.00. The van der Waals surface area contributed by atoms with Gasteiger partial charge >= 0.3 is 0 Å². The second kappa shape index (κ2) is 10.0. The number of aryl methyl sites for hydroxylation is 3. The van der Waals surface area contributed by atoms with Gasteiger partial charge in [-0.2, -0.15) is 0 Å². The molecule has 0 saturated carbocycles. The number of halogens is 2. The highest BCUT2D eigenvalue weighted by Crippen LogP contribution is 2.31. The summed E-state index contributed by atoms with van der Waals surface area (Å²) in [6, 6.07) is 4.96. The number of pyridine rings is 1. The van der Waals surface area contributed by atoms with Crippen LogP contribution in [0.3, 0.4) is 0 Å². The van der Waals surface area contributed by atoms with Crippen molar-refractivity contribution < 1.29 is 8.78 Å². The lowest BCUT2D eigenvalue weighted by atomic mass is 10.0. The number of benzene rings is 1. The van der Waals surface area contributed by atoms with Crippen molar-refractivity contribution in [1.29, 1.82) is 0 Å². The second-order valence-electron chi connectivity index (χ2n) is 10.2. The average Bonchev–Trinajstić information content (AvgIpc) is 3.41. The van der Waals surface area contributed by atoms with Crippen molar-refractivity contribution in [1.82, 2.24) is 29.4 Å². The molecule has 1 saturated heterocycles. The minimum Gasteiger partial charge on any atom is -0.326 e. The molecule has 1 atom stereocenters. The summed E-state index contributed by atoms with van der Waals surface area (Å²) in [6.07, 6.45) is 7.39. The van der Waals surface area contributed by atoms with Crippen LogP contribution in [0.5, 0.6) is 0 Å². The lowest BCUT2D eigenvalue weighted by Gasteiger charge is -2.14. The zero-order valence-electron chi connectivity index (χ0n) is 21.3. The second-order valence-corrected chi connectivity index (χ2v) is 10.2. The minimum atomic E-state index is -0.485. The van der Waals surface area contributed by atoms with Gasteiger partial charge in [-0.15, -0.1) is 0 Å². The fourth-order valence-corrected chi connectivity index (χ4v) is 5.18. The SMILES string of the molecule is Cc1nc2c(F)cc(-c3cc(CCc4ncc(CN5CC[C@H](C)C5)cn4)ncc3F)cc2n1C(C)C. The van der Waals surface area contributed by atoms with Crippen LogP contribution < -0.4 is 0 Å². The summed E-state index contributed by atoms with van der Waals surface area (Å²) in [5, 5.41) is 0. The molecule has 0 bridgehead atoms. The van der Waals surface area contributed by atoms with E-state index in [9.17, 15) is 8.78 Å². The molecular formula is C28H32F2N6. The van der Waals surface area contributed by atoms with E-state index in [4.69, 9.17) is 0 Å². The molecule has 0 spiro atoms. The Morgan fingerprint density at radius 1 is 1.00 bits per heavy atom. The molecule has 3 aromatic heterocycles. The third-order valence-corrected chi connectivity index (χ3v) is 6.94. The number of hydrogen-bond donors (Lipinski definition) is 0. The van der Waals surface area contributed by atoms with Gasteiger partial charge in [0.05, 0.1) is 11.7 Å². The molecule has 4 heterocycles. The van der Waals surface area contributed by atoms with Gasteiger partial charge in [0, 0.05) is 54.8 Å². The number of aromatic nitrogens is 5. The standard InChI is InChI=1S/C28H32F2N6/c1-17(2)36-19(4)34-28-24(29)9-21(10-26(28)36)23-11-22(31-14-25(23)30)5-6-27-32-12-20(13-33-27)16-35-8-7-18(3)15-35/h9-14,17-18H,5-8,15-16H2,1-4H3/t18-/m0/s1. The van der Waals surface area contributed by atoms with Gasteiger partial charge in [-0.05, 0) is 69.8 Å². The normalized spacial score (nSPS) is 16.5. The molecule has 36 heavy (non-hydrogen) atoms. The highest BCUT2D eigenvalue weighted by Gasteiger charge is 2.19. The van der Waals surface area contributed by atoms with Gasteiger partial charge in [-0.1, -0.05) is 6.92 Å². The van der Waals surface area contributed by atoms with E-state index in [1.54, 1.807) is 6.07 Å². The molecule has 4 aromatic rings. The molecular weight excluding hydrogens is 458 g/mol. The number of likely N-dealkylation sites (tertiary alicyclic amines) is 1. The molecule has 1 aliphatic rings. The smallest absolute Gasteiger partial charge is 0.151 e.